The third-order valence-corrected chi connectivity index (χ3v) is 4.50. The summed E-state index contributed by atoms with van der Waals surface area (Å²) in [6.07, 6.45) is 2.33. The van der Waals surface area contributed by atoms with Crippen molar-refractivity contribution in [3.63, 3.8) is 0 Å². The van der Waals surface area contributed by atoms with Crippen LogP contribution in [-0.2, 0) is 10.0 Å². The number of aliphatic hydroxyl groups is 1. The van der Waals surface area contributed by atoms with Gasteiger partial charge < -0.3 is 5.11 Å². The van der Waals surface area contributed by atoms with Crippen molar-refractivity contribution in [3.8, 4) is 0 Å². The average molecular weight is 251 g/mol. The van der Waals surface area contributed by atoms with E-state index in [1.807, 2.05) is 20.8 Å². The molecule has 0 unspecified atom stereocenters. The number of hydrogen-bond donors (Lipinski definition) is 2. The summed E-state index contributed by atoms with van der Waals surface area (Å²) in [6, 6.07) is 0. The van der Waals surface area contributed by atoms with Crippen molar-refractivity contribution >= 4 is 10.0 Å². The zero-order valence-corrected chi connectivity index (χ0v) is 11.6. The smallest absolute Gasteiger partial charge is 0.211 e. The van der Waals surface area contributed by atoms with E-state index in [2.05, 4.69) is 4.72 Å². The first-order valence-electron chi connectivity index (χ1n) is 5.95. The van der Waals surface area contributed by atoms with Gasteiger partial charge in [0.25, 0.3) is 0 Å². The molecule has 0 heterocycles. The molecule has 0 aliphatic carbocycles. The summed E-state index contributed by atoms with van der Waals surface area (Å²) in [5.41, 5.74) is -0.978. The van der Waals surface area contributed by atoms with Gasteiger partial charge >= 0.3 is 0 Å². The molecular weight excluding hydrogens is 226 g/mol. The Kier molecular flexibility index (Phi) is 6.51. The first-order valence-corrected chi connectivity index (χ1v) is 7.60. The fraction of sp³-hybridized carbons (Fsp3) is 1.00. The maximum absolute atomic E-state index is 11.5. The maximum atomic E-state index is 11.5. The third kappa shape index (κ3) is 5.82. The molecule has 0 rings (SSSR count). The lowest BCUT2D eigenvalue weighted by Gasteiger charge is -2.29. The van der Waals surface area contributed by atoms with Gasteiger partial charge in [0.1, 0.15) is 0 Å². The van der Waals surface area contributed by atoms with Gasteiger partial charge in [0.05, 0.1) is 11.4 Å². The van der Waals surface area contributed by atoms with Crippen molar-refractivity contribution in [1.29, 1.82) is 0 Å². The van der Waals surface area contributed by atoms with E-state index >= 15 is 0 Å². The maximum Gasteiger partial charge on any atom is 0.211 e. The van der Waals surface area contributed by atoms with Crippen LogP contribution < -0.4 is 4.72 Å². The molecule has 0 spiro atoms. The van der Waals surface area contributed by atoms with Crippen LogP contribution in [0.4, 0.5) is 0 Å². The van der Waals surface area contributed by atoms with Crippen molar-refractivity contribution in [2.45, 2.75) is 52.6 Å². The van der Waals surface area contributed by atoms with Crippen LogP contribution in [0.1, 0.15) is 47.0 Å². The first-order chi connectivity index (χ1) is 7.25. The van der Waals surface area contributed by atoms with E-state index in [-0.39, 0.29) is 18.2 Å². The molecule has 5 heteroatoms. The highest BCUT2D eigenvalue weighted by molar-refractivity contribution is 7.89. The van der Waals surface area contributed by atoms with Crippen molar-refractivity contribution in [3.05, 3.63) is 0 Å². The lowest BCUT2D eigenvalue weighted by molar-refractivity contribution is 0.0102. The molecule has 0 aromatic heterocycles. The second kappa shape index (κ2) is 6.57. The molecule has 0 fully saturated rings. The van der Waals surface area contributed by atoms with Crippen LogP contribution in [0.15, 0.2) is 0 Å². The Hall–Kier alpha value is -0.130. The van der Waals surface area contributed by atoms with Gasteiger partial charge in [-0.2, -0.15) is 0 Å². The van der Waals surface area contributed by atoms with E-state index in [4.69, 9.17) is 0 Å². The monoisotopic (exact) mass is 251 g/mol. The Labute approximate surface area is 99.5 Å². The molecule has 0 saturated heterocycles. The van der Waals surface area contributed by atoms with Gasteiger partial charge in [0.15, 0.2) is 0 Å². The summed E-state index contributed by atoms with van der Waals surface area (Å²) >= 11 is 0. The molecule has 0 amide bonds. The van der Waals surface area contributed by atoms with Gasteiger partial charge in [-0.1, -0.05) is 33.6 Å². The minimum Gasteiger partial charge on any atom is -0.389 e. The Balaban J connectivity index is 4.23. The Morgan fingerprint density at radius 1 is 1.38 bits per heavy atom. The summed E-state index contributed by atoms with van der Waals surface area (Å²) in [6.45, 7) is 7.60. The molecule has 98 valence electrons. The van der Waals surface area contributed by atoms with Crippen LogP contribution in [0.3, 0.4) is 0 Å². The molecule has 0 saturated carbocycles. The van der Waals surface area contributed by atoms with Gasteiger partial charge in [-0.15, -0.1) is 0 Å². The predicted octanol–water partition coefficient (Wildman–Crippen LogP) is 1.50. The van der Waals surface area contributed by atoms with Crippen LogP contribution in [0.25, 0.3) is 0 Å². The van der Waals surface area contributed by atoms with Gasteiger partial charge in [0, 0.05) is 6.54 Å². The minimum atomic E-state index is -3.23. The summed E-state index contributed by atoms with van der Waals surface area (Å²) in [7, 11) is -3.23. The van der Waals surface area contributed by atoms with Crippen LogP contribution in [0.5, 0.6) is 0 Å². The number of rotatable bonds is 8. The highest BCUT2D eigenvalue weighted by Gasteiger charge is 2.28. The molecule has 2 atom stereocenters. The molecule has 16 heavy (non-hydrogen) atoms. The van der Waals surface area contributed by atoms with Gasteiger partial charge in [-0.25, -0.2) is 13.1 Å². The number of nitrogens with one attached hydrogen (secondary N) is 1. The summed E-state index contributed by atoms with van der Waals surface area (Å²) in [5, 5.41) is 10.0. The van der Waals surface area contributed by atoms with Crippen molar-refractivity contribution < 1.29 is 13.5 Å². The van der Waals surface area contributed by atoms with Crippen molar-refractivity contribution in [2.24, 2.45) is 5.92 Å². The number of hydrogen-bond acceptors (Lipinski definition) is 3. The molecule has 0 aromatic rings. The lowest BCUT2D eigenvalue weighted by Crippen LogP contribution is -2.45. The lowest BCUT2D eigenvalue weighted by atomic mass is 9.89. The van der Waals surface area contributed by atoms with E-state index in [0.717, 1.165) is 12.8 Å². The number of unbranched alkanes of at least 4 members (excludes halogenated alkanes) is 1. The molecule has 4 nitrogen and oxygen atoms in total. The highest BCUT2D eigenvalue weighted by atomic mass is 32.2. The average Bonchev–Trinajstić information content (AvgIpc) is 2.23. The molecular formula is C11H25NO3S. The zero-order chi connectivity index (χ0) is 12.8. The normalized spacial score (nSPS) is 18.1. The molecule has 0 bridgehead atoms. The molecule has 0 radical (unpaired) electrons. The summed E-state index contributed by atoms with van der Waals surface area (Å²) in [4.78, 5) is 0. The topological polar surface area (TPSA) is 66.4 Å². The summed E-state index contributed by atoms with van der Waals surface area (Å²) in [5.74, 6) is 0.210. The molecule has 2 N–H and O–H groups in total. The van der Waals surface area contributed by atoms with Crippen molar-refractivity contribution in [2.75, 3.05) is 12.3 Å². The largest absolute Gasteiger partial charge is 0.389 e. The van der Waals surface area contributed by atoms with Crippen LogP contribution in [0, 0.1) is 5.92 Å². The Bertz CT molecular complexity index is 286. The molecule has 0 aromatic carbocycles. The quantitative estimate of drug-likeness (QED) is 0.687. The van der Waals surface area contributed by atoms with Crippen LogP contribution >= 0.6 is 0 Å². The third-order valence-electron chi connectivity index (χ3n) is 3.09. The standard InChI is InChI=1S/C11H25NO3S/c1-5-7-8-16(14,15)12-9-11(4,13)10(3)6-2/h10,12-13H,5-9H2,1-4H3/t10-,11+/m0/s1. The van der Waals surface area contributed by atoms with Crippen molar-refractivity contribution in [1.82, 2.24) is 4.72 Å². The van der Waals surface area contributed by atoms with E-state index < -0.39 is 15.6 Å². The fourth-order valence-electron chi connectivity index (χ4n) is 1.28. The molecule has 0 aliphatic heterocycles. The number of sulfonamides is 1. The molecule has 0 aliphatic rings. The Morgan fingerprint density at radius 2 is 1.94 bits per heavy atom. The van der Waals surface area contributed by atoms with Crippen LogP contribution in [0.2, 0.25) is 0 Å². The highest BCUT2D eigenvalue weighted by Crippen LogP contribution is 2.19. The fourth-order valence-corrected chi connectivity index (χ4v) is 2.60. The summed E-state index contributed by atoms with van der Waals surface area (Å²) < 4.78 is 25.5. The van der Waals surface area contributed by atoms with Gasteiger partial charge in [0.2, 0.25) is 10.0 Å². The predicted molar refractivity (Wildman–Crippen MR) is 66.8 cm³/mol. The van der Waals surface area contributed by atoms with E-state index in [9.17, 15) is 13.5 Å². The second-order valence-corrected chi connectivity index (χ2v) is 6.59. The van der Waals surface area contributed by atoms with Crippen LogP contribution in [-0.4, -0.2) is 31.4 Å². The van der Waals surface area contributed by atoms with E-state index in [1.165, 1.54) is 0 Å². The van der Waals surface area contributed by atoms with E-state index in [0.29, 0.717) is 6.42 Å². The minimum absolute atomic E-state index is 0.0707. The second-order valence-electron chi connectivity index (χ2n) is 4.66. The Morgan fingerprint density at radius 3 is 2.38 bits per heavy atom. The van der Waals surface area contributed by atoms with Gasteiger partial charge in [-0.3, -0.25) is 0 Å². The van der Waals surface area contributed by atoms with Gasteiger partial charge in [-0.05, 0) is 19.3 Å². The SMILES string of the molecule is CCCCS(=O)(=O)NC[C@@](C)(O)[C@@H](C)CC. The first kappa shape index (κ1) is 15.9. The van der Waals surface area contributed by atoms with E-state index in [1.54, 1.807) is 6.92 Å². The zero-order valence-electron chi connectivity index (χ0n) is 10.8.